The number of hydrogen-bond donors (Lipinski definition) is 1. The van der Waals surface area contributed by atoms with E-state index in [4.69, 9.17) is 21.4 Å². The molecule has 1 heterocycles. The zero-order valence-corrected chi connectivity index (χ0v) is 11.9. The second-order valence-corrected chi connectivity index (χ2v) is 5.35. The molecule has 3 rings (SSSR count). The average molecular weight is 305 g/mol. The van der Waals surface area contributed by atoms with Gasteiger partial charge >= 0.3 is 5.97 Å². The van der Waals surface area contributed by atoms with E-state index in [-0.39, 0.29) is 5.82 Å². The fourth-order valence-corrected chi connectivity index (χ4v) is 2.18. The maximum Gasteiger partial charge on any atom is 0.373 e. The van der Waals surface area contributed by atoms with E-state index in [9.17, 15) is 4.79 Å². The van der Waals surface area contributed by atoms with Crippen molar-refractivity contribution in [2.24, 2.45) is 5.92 Å². The SMILES string of the molecule is O=C(O)c1nccc(-c2cccc(Cl)c2OCC2CC2)n1. The van der Waals surface area contributed by atoms with E-state index in [1.54, 1.807) is 18.2 Å². The standard InChI is InChI=1S/C15H13ClN2O3/c16-11-3-1-2-10(13(11)21-8-9-4-5-9)12-6-7-17-14(18-12)15(19)20/h1-3,6-7,9H,4-5,8H2,(H,19,20). The Morgan fingerprint density at radius 3 is 2.90 bits per heavy atom. The Kier molecular flexibility index (Phi) is 3.75. The largest absolute Gasteiger partial charge is 0.491 e. The minimum atomic E-state index is -1.17. The van der Waals surface area contributed by atoms with Gasteiger partial charge in [-0.2, -0.15) is 0 Å². The number of carboxylic acids is 1. The number of ether oxygens (including phenoxy) is 1. The fraction of sp³-hybridized carbons (Fsp3) is 0.267. The second kappa shape index (κ2) is 5.69. The highest BCUT2D eigenvalue weighted by Crippen LogP contribution is 2.37. The van der Waals surface area contributed by atoms with Crippen LogP contribution in [0.5, 0.6) is 5.75 Å². The van der Waals surface area contributed by atoms with Crippen molar-refractivity contribution in [1.82, 2.24) is 9.97 Å². The van der Waals surface area contributed by atoms with Crippen LogP contribution in [-0.2, 0) is 0 Å². The summed E-state index contributed by atoms with van der Waals surface area (Å²) in [6.07, 6.45) is 3.77. The lowest BCUT2D eigenvalue weighted by atomic mass is 10.1. The van der Waals surface area contributed by atoms with Gasteiger partial charge < -0.3 is 9.84 Å². The van der Waals surface area contributed by atoms with E-state index in [0.29, 0.717) is 34.6 Å². The van der Waals surface area contributed by atoms with E-state index in [1.807, 2.05) is 6.07 Å². The lowest BCUT2D eigenvalue weighted by Gasteiger charge is -2.12. The van der Waals surface area contributed by atoms with Crippen molar-refractivity contribution in [3.8, 4) is 17.0 Å². The molecule has 0 saturated heterocycles. The van der Waals surface area contributed by atoms with E-state index >= 15 is 0 Å². The molecule has 1 saturated carbocycles. The molecule has 21 heavy (non-hydrogen) atoms. The maximum atomic E-state index is 11.0. The van der Waals surface area contributed by atoms with Gasteiger partial charge in [-0.15, -0.1) is 0 Å². The predicted molar refractivity (Wildman–Crippen MR) is 77.7 cm³/mol. The normalized spacial score (nSPS) is 14.0. The first kappa shape index (κ1) is 13.8. The van der Waals surface area contributed by atoms with Gasteiger partial charge in [-0.05, 0) is 37.0 Å². The average Bonchev–Trinajstić information content (AvgIpc) is 3.30. The van der Waals surface area contributed by atoms with Crippen LogP contribution in [-0.4, -0.2) is 27.7 Å². The smallest absolute Gasteiger partial charge is 0.373 e. The van der Waals surface area contributed by atoms with Crippen LogP contribution in [0.25, 0.3) is 11.3 Å². The third-order valence-electron chi connectivity index (χ3n) is 3.25. The maximum absolute atomic E-state index is 11.0. The molecule has 1 aliphatic rings. The number of nitrogens with zero attached hydrogens (tertiary/aromatic N) is 2. The molecule has 0 amide bonds. The Balaban J connectivity index is 1.98. The second-order valence-electron chi connectivity index (χ2n) is 4.94. The Hall–Kier alpha value is -2.14. The number of aromatic carboxylic acids is 1. The molecule has 0 radical (unpaired) electrons. The topological polar surface area (TPSA) is 72.3 Å². The highest BCUT2D eigenvalue weighted by atomic mass is 35.5. The number of para-hydroxylation sites is 1. The van der Waals surface area contributed by atoms with Crippen molar-refractivity contribution in [2.75, 3.05) is 6.61 Å². The molecule has 0 aliphatic heterocycles. The van der Waals surface area contributed by atoms with Crippen molar-refractivity contribution in [2.45, 2.75) is 12.8 Å². The van der Waals surface area contributed by atoms with Gasteiger partial charge in [0.15, 0.2) is 0 Å². The van der Waals surface area contributed by atoms with Gasteiger partial charge in [0.05, 0.1) is 17.3 Å². The number of hydrogen-bond acceptors (Lipinski definition) is 4. The number of carboxylic acid groups (broad SMARTS) is 1. The fourth-order valence-electron chi connectivity index (χ4n) is 1.95. The van der Waals surface area contributed by atoms with Gasteiger partial charge in [0.1, 0.15) is 5.75 Å². The summed E-state index contributed by atoms with van der Waals surface area (Å²) in [5.41, 5.74) is 1.16. The summed E-state index contributed by atoms with van der Waals surface area (Å²) < 4.78 is 5.81. The zero-order chi connectivity index (χ0) is 14.8. The van der Waals surface area contributed by atoms with Crippen molar-refractivity contribution >= 4 is 17.6 Å². The Morgan fingerprint density at radius 1 is 1.38 bits per heavy atom. The number of carbonyl (C=O) groups is 1. The predicted octanol–water partition coefficient (Wildman–Crippen LogP) is 3.28. The quantitative estimate of drug-likeness (QED) is 0.917. The van der Waals surface area contributed by atoms with E-state index < -0.39 is 5.97 Å². The molecule has 1 aromatic carbocycles. The molecule has 1 fully saturated rings. The minimum absolute atomic E-state index is 0.249. The first-order valence-corrected chi connectivity index (χ1v) is 7.01. The van der Waals surface area contributed by atoms with Crippen LogP contribution < -0.4 is 4.74 Å². The van der Waals surface area contributed by atoms with Crippen LogP contribution in [0.1, 0.15) is 23.5 Å². The Morgan fingerprint density at radius 2 is 2.19 bits per heavy atom. The summed E-state index contributed by atoms with van der Waals surface area (Å²) >= 11 is 6.20. The third kappa shape index (κ3) is 3.13. The molecule has 5 nitrogen and oxygen atoms in total. The van der Waals surface area contributed by atoms with Crippen molar-refractivity contribution in [3.05, 3.63) is 41.3 Å². The molecule has 0 unspecified atom stereocenters. The monoisotopic (exact) mass is 304 g/mol. The third-order valence-corrected chi connectivity index (χ3v) is 3.55. The molecular formula is C15H13ClN2O3. The summed E-state index contributed by atoms with van der Waals surface area (Å²) in [5, 5.41) is 9.47. The van der Waals surface area contributed by atoms with Gasteiger partial charge in [0.25, 0.3) is 0 Å². The van der Waals surface area contributed by atoms with Crippen molar-refractivity contribution < 1.29 is 14.6 Å². The minimum Gasteiger partial charge on any atom is -0.491 e. The van der Waals surface area contributed by atoms with Crippen LogP contribution >= 0.6 is 11.6 Å². The number of aromatic nitrogens is 2. The van der Waals surface area contributed by atoms with Gasteiger partial charge in [0, 0.05) is 11.8 Å². The number of benzene rings is 1. The molecule has 0 spiro atoms. The molecule has 108 valence electrons. The van der Waals surface area contributed by atoms with Gasteiger partial charge in [-0.3, -0.25) is 0 Å². The molecule has 6 heteroatoms. The van der Waals surface area contributed by atoms with Crippen LogP contribution in [0.15, 0.2) is 30.5 Å². The molecule has 1 aliphatic carbocycles. The van der Waals surface area contributed by atoms with Crippen LogP contribution in [0.2, 0.25) is 5.02 Å². The molecule has 2 aromatic rings. The summed E-state index contributed by atoms with van der Waals surface area (Å²) in [6.45, 7) is 0.619. The van der Waals surface area contributed by atoms with E-state index in [1.165, 1.54) is 19.0 Å². The molecule has 1 N–H and O–H groups in total. The lowest BCUT2D eigenvalue weighted by molar-refractivity contribution is 0.0683. The highest BCUT2D eigenvalue weighted by Gasteiger charge is 2.23. The summed E-state index contributed by atoms with van der Waals surface area (Å²) in [7, 11) is 0. The first-order valence-electron chi connectivity index (χ1n) is 6.63. The highest BCUT2D eigenvalue weighted by molar-refractivity contribution is 6.32. The zero-order valence-electron chi connectivity index (χ0n) is 11.1. The number of halogens is 1. The van der Waals surface area contributed by atoms with Gasteiger partial charge in [0.2, 0.25) is 5.82 Å². The summed E-state index contributed by atoms with van der Waals surface area (Å²) in [5.74, 6) is -0.282. The number of rotatable bonds is 5. The van der Waals surface area contributed by atoms with Crippen LogP contribution in [0, 0.1) is 5.92 Å². The van der Waals surface area contributed by atoms with Gasteiger partial charge in [-0.1, -0.05) is 17.7 Å². The molecular weight excluding hydrogens is 292 g/mol. The lowest BCUT2D eigenvalue weighted by Crippen LogP contribution is -2.05. The Labute approximate surface area is 126 Å². The molecule has 0 atom stereocenters. The summed E-state index contributed by atoms with van der Waals surface area (Å²) in [6, 6.07) is 6.97. The van der Waals surface area contributed by atoms with E-state index in [0.717, 1.165) is 0 Å². The van der Waals surface area contributed by atoms with Crippen LogP contribution in [0.3, 0.4) is 0 Å². The van der Waals surface area contributed by atoms with Crippen molar-refractivity contribution in [3.63, 3.8) is 0 Å². The summed E-state index contributed by atoms with van der Waals surface area (Å²) in [4.78, 5) is 18.7. The van der Waals surface area contributed by atoms with Crippen molar-refractivity contribution in [1.29, 1.82) is 0 Å². The van der Waals surface area contributed by atoms with Crippen LogP contribution in [0.4, 0.5) is 0 Å². The van der Waals surface area contributed by atoms with E-state index in [2.05, 4.69) is 9.97 Å². The first-order chi connectivity index (χ1) is 10.1. The molecule has 1 aromatic heterocycles. The Bertz CT molecular complexity index is 686. The van der Waals surface area contributed by atoms with Gasteiger partial charge in [-0.25, -0.2) is 14.8 Å². The molecule has 0 bridgehead atoms.